The molecule has 3 rings (SSSR count). The van der Waals surface area contributed by atoms with Crippen LogP contribution in [0.3, 0.4) is 0 Å². The molecule has 0 aromatic heterocycles. The maximum absolute atomic E-state index is 14.2. The minimum Gasteiger partial charge on any atom is -0.495 e. The standard InChI is InChI=1S/C30H35Cl2N3O5S/c1-21(2)18-33-30(37)27(17-22-11-6-5-7-12-22)34(19-23-24(31)13-10-14-25(23)32)29(36)20-35(41(4,38)39)26-15-8-9-16-28(26)40-3/h5-16,21,27H,17-20H2,1-4H3,(H,33,37)/t27-/m0/s1. The molecule has 0 bridgehead atoms. The van der Waals surface area contributed by atoms with Crippen molar-refractivity contribution in [3.05, 3.63) is 94.0 Å². The molecule has 11 heteroatoms. The molecular weight excluding hydrogens is 585 g/mol. The Morgan fingerprint density at radius 1 is 0.927 bits per heavy atom. The Balaban J connectivity index is 2.11. The van der Waals surface area contributed by atoms with Gasteiger partial charge in [0.2, 0.25) is 21.8 Å². The number of nitrogens with one attached hydrogen (secondary N) is 1. The Morgan fingerprint density at radius 2 is 1.54 bits per heavy atom. The largest absolute Gasteiger partial charge is 0.495 e. The van der Waals surface area contributed by atoms with Gasteiger partial charge in [-0.25, -0.2) is 8.42 Å². The van der Waals surface area contributed by atoms with Crippen molar-refractivity contribution in [2.24, 2.45) is 5.92 Å². The molecule has 0 saturated heterocycles. The van der Waals surface area contributed by atoms with Crippen LogP contribution in [0.15, 0.2) is 72.8 Å². The number of carbonyl (C=O) groups excluding carboxylic acids is 2. The zero-order valence-electron chi connectivity index (χ0n) is 23.5. The van der Waals surface area contributed by atoms with Crippen LogP contribution in [0.1, 0.15) is 25.0 Å². The van der Waals surface area contributed by atoms with E-state index in [1.54, 1.807) is 42.5 Å². The zero-order chi connectivity index (χ0) is 30.2. The molecule has 41 heavy (non-hydrogen) atoms. The molecule has 0 radical (unpaired) electrons. The first-order chi connectivity index (χ1) is 19.4. The second-order valence-electron chi connectivity index (χ2n) is 10.0. The average Bonchev–Trinajstić information content (AvgIpc) is 2.93. The molecule has 0 aliphatic carbocycles. The van der Waals surface area contributed by atoms with E-state index in [0.717, 1.165) is 16.1 Å². The van der Waals surface area contributed by atoms with Gasteiger partial charge >= 0.3 is 0 Å². The summed E-state index contributed by atoms with van der Waals surface area (Å²) in [6, 6.07) is 19.8. The number of benzene rings is 3. The van der Waals surface area contributed by atoms with Crippen molar-refractivity contribution in [1.29, 1.82) is 0 Å². The number of ether oxygens (including phenoxy) is 1. The van der Waals surface area contributed by atoms with Crippen LogP contribution >= 0.6 is 23.2 Å². The van der Waals surface area contributed by atoms with Crippen LogP contribution in [-0.2, 0) is 32.6 Å². The smallest absolute Gasteiger partial charge is 0.244 e. The Kier molecular flexibility index (Phi) is 11.5. The lowest BCUT2D eigenvalue weighted by Gasteiger charge is -2.34. The quantitative estimate of drug-likeness (QED) is 0.284. The van der Waals surface area contributed by atoms with Crippen molar-refractivity contribution in [1.82, 2.24) is 10.2 Å². The van der Waals surface area contributed by atoms with Crippen LogP contribution in [0.25, 0.3) is 0 Å². The summed E-state index contributed by atoms with van der Waals surface area (Å²) in [6.45, 7) is 3.64. The molecule has 0 spiro atoms. The predicted octanol–water partition coefficient (Wildman–Crippen LogP) is 5.18. The lowest BCUT2D eigenvalue weighted by atomic mass is 10.0. The lowest BCUT2D eigenvalue weighted by molar-refractivity contribution is -0.140. The van der Waals surface area contributed by atoms with E-state index in [1.165, 1.54) is 12.0 Å². The normalized spacial score (nSPS) is 12.1. The third-order valence-electron chi connectivity index (χ3n) is 6.38. The maximum atomic E-state index is 14.2. The molecule has 1 N–H and O–H groups in total. The van der Waals surface area contributed by atoms with E-state index >= 15 is 0 Å². The van der Waals surface area contributed by atoms with Crippen molar-refractivity contribution in [2.75, 3.05) is 30.8 Å². The third kappa shape index (κ3) is 8.86. The van der Waals surface area contributed by atoms with Gasteiger partial charge in [0.05, 0.1) is 19.1 Å². The van der Waals surface area contributed by atoms with Crippen molar-refractivity contribution in [3.8, 4) is 5.75 Å². The Labute approximate surface area is 252 Å². The number of para-hydroxylation sites is 2. The van der Waals surface area contributed by atoms with E-state index in [1.807, 2.05) is 44.2 Å². The van der Waals surface area contributed by atoms with E-state index in [0.29, 0.717) is 22.2 Å². The molecule has 2 amide bonds. The summed E-state index contributed by atoms with van der Waals surface area (Å²) < 4.78 is 32.3. The molecule has 0 heterocycles. The van der Waals surface area contributed by atoms with Gasteiger partial charge in [0, 0.05) is 35.1 Å². The van der Waals surface area contributed by atoms with Crippen molar-refractivity contribution < 1.29 is 22.7 Å². The molecule has 0 aliphatic rings. The highest BCUT2D eigenvalue weighted by atomic mass is 35.5. The van der Waals surface area contributed by atoms with Crippen LogP contribution in [0.2, 0.25) is 10.0 Å². The number of nitrogens with zero attached hydrogens (tertiary/aromatic N) is 2. The Morgan fingerprint density at radius 3 is 2.12 bits per heavy atom. The summed E-state index contributed by atoms with van der Waals surface area (Å²) in [7, 11) is -2.52. The van der Waals surface area contributed by atoms with Crippen LogP contribution < -0.4 is 14.4 Å². The fourth-order valence-electron chi connectivity index (χ4n) is 4.26. The molecule has 3 aromatic carbocycles. The highest BCUT2D eigenvalue weighted by Crippen LogP contribution is 2.31. The van der Waals surface area contributed by atoms with E-state index in [-0.39, 0.29) is 36.2 Å². The van der Waals surface area contributed by atoms with Gasteiger partial charge in [-0.15, -0.1) is 0 Å². The fourth-order valence-corrected chi connectivity index (χ4v) is 5.63. The summed E-state index contributed by atoms with van der Waals surface area (Å²) in [6.07, 6.45) is 1.20. The van der Waals surface area contributed by atoms with Crippen molar-refractivity contribution in [2.45, 2.75) is 32.9 Å². The van der Waals surface area contributed by atoms with Crippen molar-refractivity contribution in [3.63, 3.8) is 0 Å². The molecule has 0 saturated carbocycles. The van der Waals surface area contributed by atoms with Crippen LogP contribution in [-0.4, -0.2) is 57.6 Å². The Hall–Kier alpha value is -3.27. The SMILES string of the molecule is COc1ccccc1N(CC(=O)N(Cc1c(Cl)cccc1Cl)[C@@H](Cc1ccccc1)C(=O)NCC(C)C)S(C)(=O)=O. The highest BCUT2D eigenvalue weighted by molar-refractivity contribution is 7.92. The lowest BCUT2D eigenvalue weighted by Crippen LogP contribution is -2.53. The fraction of sp³-hybridized carbons (Fsp3) is 0.333. The molecule has 3 aromatic rings. The van der Waals surface area contributed by atoms with Gasteiger partial charge in [-0.05, 0) is 35.7 Å². The second-order valence-corrected chi connectivity index (χ2v) is 12.7. The Bertz CT molecular complexity index is 1430. The highest BCUT2D eigenvalue weighted by Gasteiger charge is 2.34. The second kappa shape index (κ2) is 14.6. The number of anilines is 1. The summed E-state index contributed by atoms with van der Waals surface area (Å²) in [5.74, 6) is -0.535. The van der Waals surface area contributed by atoms with Gasteiger partial charge in [-0.2, -0.15) is 0 Å². The molecule has 0 fully saturated rings. The number of methoxy groups -OCH3 is 1. The molecule has 1 atom stereocenters. The topological polar surface area (TPSA) is 96.0 Å². The van der Waals surface area contributed by atoms with E-state index in [2.05, 4.69) is 5.32 Å². The summed E-state index contributed by atoms with van der Waals surface area (Å²) in [5.41, 5.74) is 1.47. The van der Waals surface area contributed by atoms with E-state index in [9.17, 15) is 18.0 Å². The molecule has 8 nitrogen and oxygen atoms in total. The average molecular weight is 621 g/mol. The maximum Gasteiger partial charge on any atom is 0.244 e. The molecular formula is C30H35Cl2N3O5S. The summed E-state index contributed by atoms with van der Waals surface area (Å²) in [4.78, 5) is 29.2. The van der Waals surface area contributed by atoms with Gasteiger partial charge < -0.3 is 15.0 Å². The summed E-state index contributed by atoms with van der Waals surface area (Å²) in [5, 5.41) is 3.58. The number of hydrogen-bond donors (Lipinski definition) is 1. The first-order valence-corrected chi connectivity index (χ1v) is 15.7. The molecule has 0 unspecified atom stereocenters. The van der Waals surface area contributed by atoms with Gasteiger partial charge in [-0.1, -0.05) is 85.6 Å². The van der Waals surface area contributed by atoms with Gasteiger partial charge in [0.25, 0.3) is 0 Å². The number of carbonyl (C=O) groups is 2. The molecule has 0 aliphatic heterocycles. The van der Waals surface area contributed by atoms with Gasteiger partial charge in [0.15, 0.2) is 0 Å². The van der Waals surface area contributed by atoms with Crippen LogP contribution in [0.4, 0.5) is 5.69 Å². The van der Waals surface area contributed by atoms with Crippen LogP contribution in [0, 0.1) is 5.92 Å². The van der Waals surface area contributed by atoms with Gasteiger partial charge in [0.1, 0.15) is 18.3 Å². The number of amides is 2. The van der Waals surface area contributed by atoms with E-state index in [4.69, 9.17) is 27.9 Å². The zero-order valence-corrected chi connectivity index (χ0v) is 25.8. The summed E-state index contributed by atoms with van der Waals surface area (Å²) >= 11 is 13.0. The first-order valence-electron chi connectivity index (χ1n) is 13.1. The third-order valence-corrected chi connectivity index (χ3v) is 8.21. The minimum atomic E-state index is -3.94. The van der Waals surface area contributed by atoms with E-state index < -0.39 is 28.5 Å². The number of halogens is 2. The number of hydrogen-bond acceptors (Lipinski definition) is 5. The monoisotopic (exact) mass is 619 g/mol. The van der Waals surface area contributed by atoms with Gasteiger partial charge in [-0.3, -0.25) is 13.9 Å². The number of sulfonamides is 1. The molecule has 220 valence electrons. The predicted molar refractivity (Wildman–Crippen MR) is 164 cm³/mol. The van der Waals surface area contributed by atoms with Crippen LogP contribution in [0.5, 0.6) is 5.75 Å². The van der Waals surface area contributed by atoms with Crippen molar-refractivity contribution >= 4 is 50.7 Å². The minimum absolute atomic E-state index is 0.118. The first kappa shape index (κ1) is 32.2. The number of rotatable bonds is 13.